The van der Waals surface area contributed by atoms with E-state index in [9.17, 15) is 9.59 Å². The van der Waals surface area contributed by atoms with Crippen LogP contribution in [-0.4, -0.2) is 28.4 Å². The minimum absolute atomic E-state index is 0.0902. The Hall–Kier alpha value is -2.14. The van der Waals surface area contributed by atoms with E-state index < -0.39 is 5.97 Å². The second kappa shape index (κ2) is 5.93. The third-order valence-corrected chi connectivity index (χ3v) is 5.15. The second-order valence-corrected chi connectivity index (χ2v) is 6.49. The molecule has 4 nitrogen and oxygen atoms in total. The van der Waals surface area contributed by atoms with Crippen LogP contribution < -0.4 is 0 Å². The molecule has 1 aliphatic rings. The van der Waals surface area contributed by atoms with E-state index in [2.05, 4.69) is 18.4 Å². The zero-order valence-corrected chi connectivity index (χ0v) is 13.1. The predicted molar refractivity (Wildman–Crippen MR) is 85.3 cm³/mol. The topological polar surface area (TPSA) is 57.6 Å². The molecule has 2 heterocycles. The number of rotatable bonds is 3. The third-order valence-electron chi connectivity index (χ3n) is 4.15. The van der Waals surface area contributed by atoms with Crippen molar-refractivity contribution in [3.8, 4) is 0 Å². The number of carbonyl (C=O) groups is 2. The van der Waals surface area contributed by atoms with Gasteiger partial charge in [-0.25, -0.2) is 4.79 Å². The molecule has 1 atom stereocenters. The van der Waals surface area contributed by atoms with E-state index in [1.807, 2.05) is 4.90 Å². The van der Waals surface area contributed by atoms with Gasteiger partial charge in [-0.3, -0.25) is 4.79 Å². The van der Waals surface area contributed by atoms with E-state index in [0.717, 1.165) is 18.5 Å². The quantitative estimate of drug-likeness (QED) is 0.946. The number of carboxylic acid groups (broad SMARTS) is 1. The molecule has 0 spiro atoms. The average molecular weight is 315 g/mol. The monoisotopic (exact) mass is 315 g/mol. The molecule has 0 radical (unpaired) electrons. The molecule has 22 heavy (non-hydrogen) atoms. The molecule has 0 aliphatic carbocycles. The number of aromatic carboxylic acids is 1. The van der Waals surface area contributed by atoms with Gasteiger partial charge >= 0.3 is 5.97 Å². The summed E-state index contributed by atoms with van der Waals surface area (Å²) in [6.07, 6.45) is 1.23. The molecular formula is C17H17NO3S. The number of carbonyl (C=O) groups excluding carboxylic acids is 1. The van der Waals surface area contributed by atoms with Crippen molar-refractivity contribution in [2.75, 3.05) is 6.54 Å². The van der Waals surface area contributed by atoms with Gasteiger partial charge in [0.25, 0.3) is 0 Å². The Kier molecular flexibility index (Phi) is 3.98. The Morgan fingerprint density at radius 3 is 2.68 bits per heavy atom. The van der Waals surface area contributed by atoms with Gasteiger partial charge in [0.1, 0.15) is 0 Å². The van der Waals surface area contributed by atoms with Crippen LogP contribution >= 0.6 is 11.3 Å². The van der Waals surface area contributed by atoms with Crippen molar-refractivity contribution < 1.29 is 14.7 Å². The summed E-state index contributed by atoms with van der Waals surface area (Å²) in [6.45, 7) is 2.82. The van der Waals surface area contributed by atoms with E-state index in [-0.39, 0.29) is 17.5 Å². The summed E-state index contributed by atoms with van der Waals surface area (Å²) >= 11 is 1.76. The lowest BCUT2D eigenvalue weighted by Gasteiger charge is -2.33. The number of nitrogens with zero attached hydrogens (tertiary/aromatic N) is 1. The van der Waals surface area contributed by atoms with Crippen LogP contribution in [0.1, 0.15) is 39.3 Å². The standard InChI is InChI=1S/C17H17NO3S/c1-11-14-7-9-22-15(14)6-8-18(11)16(19)10-12-2-4-13(5-3-12)17(20)21/h2-5,7,9,11H,6,8,10H2,1H3,(H,20,21). The van der Waals surface area contributed by atoms with Crippen molar-refractivity contribution in [3.05, 3.63) is 57.3 Å². The van der Waals surface area contributed by atoms with Crippen molar-refractivity contribution in [3.63, 3.8) is 0 Å². The molecule has 0 fully saturated rings. The second-order valence-electron chi connectivity index (χ2n) is 5.49. The van der Waals surface area contributed by atoms with Crippen LogP contribution in [-0.2, 0) is 17.6 Å². The lowest BCUT2D eigenvalue weighted by molar-refractivity contribution is -0.133. The van der Waals surface area contributed by atoms with Crippen LogP contribution in [0.4, 0.5) is 0 Å². The van der Waals surface area contributed by atoms with Crippen LogP contribution in [0.15, 0.2) is 35.7 Å². The Morgan fingerprint density at radius 2 is 2.00 bits per heavy atom. The van der Waals surface area contributed by atoms with Gasteiger partial charge in [-0.15, -0.1) is 11.3 Å². The molecular weight excluding hydrogens is 298 g/mol. The summed E-state index contributed by atoms with van der Waals surface area (Å²) in [6, 6.07) is 8.73. The van der Waals surface area contributed by atoms with E-state index in [4.69, 9.17) is 5.11 Å². The molecule has 0 bridgehead atoms. The Bertz CT molecular complexity index is 705. The number of amides is 1. The van der Waals surface area contributed by atoms with E-state index in [1.165, 1.54) is 10.4 Å². The maximum Gasteiger partial charge on any atom is 0.335 e. The van der Waals surface area contributed by atoms with Crippen molar-refractivity contribution in [2.24, 2.45) is 0 Å². The highest BCUT2D eigenvalue weighted by Gasteiger charge is 2.28. The van der Waals surface area contributed by atoms with Gasteiger partial charge in [0.05, 0.1) is 18.0 Å². The van der Waals surface area contributed by atoms with Crippen LogP contribution in [0.2, 0.25) is 0 Å². The third kappa shape index (κ3) is 2.76. The molecule has 1 aromatic carbocycles. The van der Waals surface area contributed by atoms with Gasteiger partial charge < -0.3 is 10.0 Å². The average Bonchev–Trinajstić information content (AvgIpc) is 2.97. The number of hydrogen-bond donors (Lipinski definition) is 1. The number of benzene rings is 1. The number of fused-ring (bicyclic) bond motifs is 1. The number of thiophene rings is 1. The fraction of sp³-hybridized carbons (Fsp3) is 0.294. The van der Waals surface area contributed by atoms with E-state index in [1.54, 1.807) is 35.6 Å². The van der Waals surface area contributed by atoms with Crippen molar-refractivity contribution >= 4 is 23.2 Å². The summed E-state index contributed by atoms with van der Waals surface area (Å²) < 4.78 is 0. The minimum atomic E-state index is -0.951. The number of carboxylic acids is 1. The number of hydrogen-bond acceptors (Lipinski definition) is 3. The van der Waals surface area contributed by atoms with Crippen LogP contribution in [0.5, 0.6) is 0 Å². The highest BCUT2D eigenvalue weighted by atomic mass is 32.1. The zero-order chi connectivity index (χ0) is 15.7. The summed E-state index contributed by atoms with van der Waals surface area (Å²) in [5, 5.41) is 11.0. The van der Waals surface area contributed by atoms with Gasteiger partial charge in [-0.2, -0.15) is 0 Å². The first kappa shape index (κ1) is 14.8. The molecule has 114 valence electrons. The molecule has 1 aromatic heterocycles. The van der Waals surface area contributed by atoms with Crippen LogP contribution in [0, 0.1) is 0 Å². The van der Waals surface area contributed by atoms with Gasteiger partial charge in [-0.05, 0) is 48.1 Å². The maximum atomic E-state index is 12.5. The van der Waals surface area contributed by atoms with Crippen molar-refractivity contribution in [1.82, 2.24) is 4.90 Å². The summed E-state index contributed by atoms with van der Waals surface area (Å²) in [5.41, 5.74) is 2.34. The minimum Gasteiger partial charge on any atom is -0.478 e. The molecule has 5 heteroatoms. The summed E-state index contributed by atoms with van der Waals surface area (Å²) in [7, 11) is 0. The summed E-state index contributed by atoms with van der Waals surface area (Å²) in [4.78, 5) is 26.7. The first-order valence-corrected chi connectivity index (χ1v) is 8.12. The molecule has 1 amide bonds. The summed E-state index contributed by atoms with van der Waals surface area (Å²) in [5.74, 6) is -0.861. The van der Waals surface area contributed by atoms with Gasteiger partial charge in [-0.1, -0.05) is 12.1 Å². The van der Waals surface area contributed by atoms with Gasteiger partial charge in [0.2, 0.25) is 5.91 Å². The van der Waals surface area contributed by atoms with E-state index in [0.29, 0.717) is 6.42 Å². The first-order valence-electron chi connectivity index (χ1n) is 7.24. The molecule has 0 saturated heterocycles. The molecule has 2 aromatic rings. The highest BCUT2D eigenvalue weighted by molar-refractivity contribution is 7.10. The Labute approximate surface area is 133 Å². The smallest absolute Gasteiger partial charge is 0.335 e. The van der Waals surface area contributed by atoms with Gasteiger partial charge in [0, 0.05) is 11.4 Å². The SMILES string of the molecule is CC1c2ccsc2CCN1C(=O)Cc1ccc(C(=O)O)cc1. The lowest BCUT2D eigenvalue weighted by atomic mass is 10.00. The molecule has 1 unspecified atom stereocenters. The predicted octanol–water partition coefficient (Wildman–Crippen LogP) is 3.13. The molecule has 0 saturated carbocycles. The zero-order valence-electron chi connectivity index (χ0n) is 12.3. The van der Waals surface area contributed by atoms with Crippen LogP contribution in [0.3, 0.4) is 0 Å². The maximum absolute atomic E-state index is 12.5. The Balaban J connectivity index is 1.71. The lowest BCUT2D eigenvalue weighted by Crippen LogP contribution is -2.39. The normalized spacial score (nSPS) is 17.1. The fourth-order valence-corrected chi connectivity index (χ4v) is 3.85. The first-order chi connectivity index (χ1) is 10.6. The van der Waals surface area contributed by atoms with Crippen molar-refractivity contribution in [2.45, 2.75) is 25.8 Å². The molecule has 1 aliphatic heterocycles. The highest BCUT2D eigenvalue weighted by Crippen LogP contribution is 2.33. The van der Waals surface area contributed by atoms with Crippen LogP contribution in [0.25, 0.3) is 0 Å². The van der Waals surface area contributed by atoms with E-state index >= 15 is 0 Å². The molecule has 1 N–H and O–H groups in total. The van der Waals surface area contributed by atoms with Gasteiger partial charge in [0.15, 0.2) is 0 Å². The Morgan fingerprint density at radius 1 is 1.27 bits per heavy atom. The largest absolute Gasteiger partial charge is 0.478 e. The molecule has 3 rings (SSSR count). The van der Waals surface area contributed by atoms with Crippen molar-refractivity contribution in [1.29, 1.82) is 0 Å². The fourth-order valence-electron chi connectivity index (χ4n) is 2.89.